The number of rotatable bonds is 13. The van der Waals surface area contributed by atoms with Gasteiger partial charge in [-0.2, -0.15) is 0 Å². The molecule has 0 spiro atoms. The highest BCUT2D eigenvalue weighted by Crippen LogP contribution is 2.42. The van der Waals surface area contributed by atoms with E-state index in [1.165, 1.54) is 0 Å². The first-order chi connectivity index (χ1) is 23.3. The lowest BCUT2D eigenvalue weighted by atomic mass is 9.98. The van der Waals surface area contributed by atoms with E-state index < -0.39 is 0 Å². The Morgan fingerprint density at radius 1 is 0.792 bits per heavy atom. The Balaban J connectivity index is 1.20. The van der Waals surface area contributed by atoms with Crippen molar-refractivity contribution in [1.82, 2.24) is 20.6 Å². The Labute approximate surface area is 298 Å². The molecule has 2 fully saturated rings. The smallest absolute Gasteiger partial charge is 0.220 e. The number of aromatic nitrogens is 2. The average Bonchev–Trinajstić information content (AvgIpc) is 3.72. The zero-order valence-electron chi connectivity index (χ0n) is 27.3. The van der Waals surface area contributed by atoms with Crippen molar-refractivity contribution < 1.29 is 19.1 Å². The number of halogens is 2. The number of ketones is 1. The fourth-order valence-electron chi connectivity index (χ4n) is 6.70. The molecule has 6 rings (SSSR count). The fraction of sp³-hybridized carbons (Fsp3) is 0.368. The number of Topliss-reactive ketones (excluding diaryl/α,β-unsaturated/α-hetero) is 1. The van der Waals surface area contributed by atoms with E-state index in [0.29, 0.717) is 49.3 Å². The van der Waals surface area contributed by atoms with Crippen LogP contribution in [0, 0.1) is 5.92 Å². The zero-order valence-corrected chi connectivity index (χ0v) is 30.5. The van der Waals surface area contributed by atoms with Gasteiger partial charge in [-0.15, -0.1) is 0 Å². The van der Waals surface area contributed by atoms with Gasteiger partial charge in [0.15, 0.2) is 0 Å². The summed E-state index contributed by atoms with van der Waals surface area (Å²) in [6.07, 6.45) is 6.62. The highest BCUT2D eigenvalue weighted by molar-refractivity contribution is 9.11. The lowest BCUT2D eigenvalue weighted by Gasteiger charge is -2.16. The van der Waals surface area contributed by atoms with E-state index in [0.717, 1.165) is 92.4 Å². The van der Waals surface area contributed by atoms with Crippen LogP contribution in [0.1, 0.15) is 56.1 Å². The minimum atomic E-state index is 0.153. The molecular weight excluding hydrogens is 736 g/mol. The number of methoxy groups -OCH3 is 2. The summed E-state index contributed by atoms with van der Waals surface area (Å²) in [4.78, 5) is 32.9. The highest BCUT2D eigenvalue weighted by atomic mass is 79.9. The topological polar surface area (TPSA) is 102 Å². The van der Waals surface area contributed by atoms with Crippen molar-refractivity contribution in [3.8, 4) is 45.4 Å². The third-order valence-electron chi connectivity index (χ3n) is 9.28. The van der Waals surface area contributed by atoms with E-state index in [-0.39, 0.29) is 11.9 Å². The normalized spacial score (nSPS) is 17.5. The van der Waals surface area contributed by atoms with Crippen LogP contribution in [-0.2, 0) is 22.6 Å². The van der Waals surface area contributed by atoms with Crippen LogP contribution in [0.2, 0.25) is 0 Å². The minimum absolute atomic E-state index is 0.153. The largest absolute Gasteiger partial charge is 0.481 e. The molecule has 48 heavy (non-hydrogen) atoms. The number of amides is 1. The van der Waals surface area contributed by atoms with E-state index >= 15 is 0 Å². The predicted octanol–water partition coefficient (Wildman–Crippen LogP) is 8.08. The standard InChI is InChI=1S/C38H40Br2N4O4/c1-47-37-24(6-3-7-26-15-19-34(46)42-26)13-17-32(43-37)30-10-4-8-28(35(30)39)29-9-5-11-31(36(29)40)33-18-14-25(38(44-33)48-2)22-41-21-23-12-16-27(45)20-23/h4-5,8-11,13-14,17-18,23,26,41H,3,6-7,12,15-16,19-22H2,1-2H3,(H,42,46)/t23-,26-/m1/s1. The van der Waals surface area contributed by atoms with Gasteiger partial charge in [-0.3, -0.25) is 9.59 Å². The van der Waals surface area contributed by atoms with Gasteiger partial charge in [-0.25, -0.2) is 9.97 Å². The number of carbonyl (C=O) groups is 2. The quantitative estimate of drug-likeness (QED) is 0.142. The summed E-state index contributed by atoms with van der Waals surface area (Å²) in [5.74, 6) is 2.13. The van der Waals surface area contributed by atoms with Gasteiger partial charge in [0.1, 0.15) is 5.78 Å². The van der Waals surface area contributed by atoms with E-state index in [9.17, 15) is 9.59 Å². The molecule has 8 nitrogen and oxygen atoms in total. The Morgan fingerprint density at radius 2 is 1.40 bits per heavy atom. The number of hydrogen-bond acceptors (Lipinski definition) is 7. The van der Waals surface area contributed by atoms with Crippen LogP contribution in [-0.4, -0.2) is 48.5 Å². The maximum atomic E-state index is 11.6. The van der Waals surface area contributed by atoms with Crippen LogP contribution < -0.4 is 20.1 Å². The molecule has 3 heterocycles. The second kappa shape index (κ2) is 15.7. The molecule has 1 saturated heterocycles. The van der Waals surface area contributed by atoms with Gasteiger partial charge in [-0.05, 0) is 99.7 Å². The molecule has 250 valence electrons. The number of ether oxygens (including phenoxy) is 2. The first kappa shape index (κ1) is 34.3. The number of benzene rings is 2. The number of nitrogens with one attached hydrogen (secondary N) is 2. The molecule has 1 saturated carbocycles. The lowest BCUT2D eigenvalue weighted by molar-refractivity contribution is -0.119. The van der Waals surface area contributed by atoms with Gasteiger partial charge in [-0.1, -0.05) is 48.5 Å². The lowest BCUT2D eigenvalue weighted by Crippen LogP contribution is -2.25. The van der Waals surface area contributed by atoms with Crippen LogP contribution >= 0.6 is 31.9 Å². The molecule has 1 amide bonds. The number of pyridine rings is 2. The Bertz CT molecular complexity index is 1680. The Kier molecular flexibility index (Phi) is 11.2. The van der Waals surface area contributed by atoms with Gasteiger partial charge < -0.3 is 20.1 Å². The van der Waals surface area contributed by atoms with Crippen molar-refractivity contribution in [1.29, 1.82) is 0 Å². The van der Waals surface area contributed by atoms with Crippen molar-refractivity contribution in [2.45, 2.75) is 64.0 Å². The van der Waals surface area contributed by atoms with Gasteiger partial charge in [0.25, 0.3) is 0 Å². The monoisotopic (exact) mass is 774 g/mol. The fourth-order valence-corrected chi connectivity index (χ4v) is 8.06. The molecule has 0 bridgehead atoms. The molecule has 2 N–H and O–H groups in total. The van der Waals surface area contributed by atoms with Crippen LogP contribution in [0.3, 0.4) is 0 Å². The maximum Gasteiger partial charge on any atom is 0.220 e. The number of nitrogens with zero attached hydrogens (tertiary/aromatic N) is 2. The molecule has 2 aliphatic rings. The second-order valence-corrected chi connectivity index (χ2v) is 14.1. The summed E-state index contributed by atoms with van der Waals surface area (Å²) in [7, 11) is 3.30. The van der Waals surface area contributed by atoms with Gasteiger partial charge >= 0.3 is 0 Å². The number of hydrogen-bond donors (Lipinski definition) is 2. The van der Waals surface area contributed by atoms with Crippen molar-refractivity contribution >= 4 is 43.6 Å². The summed E-state index contributed by atoms with van der Waals surface area (Å²) in [6, 6.07) is 20.8. The van der Waals surface area contributed by atoms with E-state index in [1.807, 2.05) is 30.3 Å². The van der Waals surface area contributed by atoms with Crippen molar-refractivity contribution in [3.05, 3.63) is 80.7 Å². The Hall–Kier alpha value is -3.60. The highest BCUT2D eigenvalue weighted by Gasteiger charge is 2.23. The first-order valence-electron chi connectivity index (χ1n) is 16.5. The van der Waals surface area contributed by atoms with E-state index in [1.54, 1.807) is 14.2 Å². The Morgan fingerprint density at radius 3 is 1.96 bits per heavy atom. The minimum Gasteiger partial charge on any atom is -0.481 e. The van der Waals surface area contributed by atoms with Crippen LogP contribution in [0.25, 0.3) is 33.6 Å². The summed E-state index contributed by atoms with van der Waals surface area (Å²) < 4.78 is 13.3. The number of carbonyl (C=O) groups excluding carboxylic acids is 2. The molecule has 2 aromatic heterocycles. The average molecular weight is 777 g/mol. The van der Waals surface area contributed by atoms with Crippen LogP contribution in [0.5, 0.6) is 11.8 Å². The molecule has 2 aromatic carbocycles. The molecule has 4 aromatic rings. The molecule has 2 atom stereocenters. The zero-order chi connectivity index (χ0) is 33.6. The molecule has 1 aliphatic heterocycles. The summed E-state index contributed by atoms with van der Waals surface area (Å²) in [5.41, 5.74) is 7.59. The van der Waals surface area contributed by atoms with Crippen molar-refractivity contribution in [2.24, 2.45) is 5.92 Å². The number of aryl methyl sites for hydroxylation is 1. The first-order valence-corrected chi connectivity index (χ1v) is 18.1. The van der Waals surface area contributed by atoms with Gasteiger partial charge in [0, 0.05) is 63.0 Å². The summed E-state index contributed by atoms with van der Waals surface area (Å²) >= 11 is 7.81. The summed E-state index contributed by atoms with van der Waals surface area (Å²) in [5, 5.41) is 6.53. The molecular formula is C38H40Br2N4O4. The van der Waals surface area contributed by atoms with Crippen LogP contribution in [0.15, 0.2) is 69.6 Å². The molecule has 1 aliphatic carbocycles. The molecule has 10 heteroatoms. The van der Waals surface area contributed by atoms with E-state index in [4.69, 9.17) is 19.4 Å². The van der Waals surface area contributed by atoms with Crippen molar-refractivity contribution in [2.75, 3.05) is 20.8 Å². The molecule has 0 unspecified atom stereocenters. The van der Waals surface area contributed by atoms with E-state index in [2.05, 4.69) is 72.8 Å². The van der Waals surface area contributed by atoms with Crippen molar-refractivity contribution in [3.63, 3.8) is 0 Å². The third-order valence-corrected chi connectivity index (χ3v) is 11.0. The van der Waals surface area contributed by atoms with Gasteiger partial charge in [0.05, 0.1) is 25.6 Å². The molecule has 0 radical (unpaired) electrons. The van der Waals surface area contributed by atoms with Crippen LogP contribution in [0.4, 0.5) is 0 Å². The third kappa shape index (κ3) is 7.82. The summed E-state index contributed by atoms with van der Waals surface area (Å²) in [6.45, 7) is 1.44. The second-order valence-electron chi connectivity index (χ2n) is 12.5. The van der Waals surface area contributed by atoms with Gasteiger partial charge in [0.2, 0.25) is 17.7 Å². The predicted molar refractivity (Wildman–Crippen MR) is 195 cm³/mol. The maximum absolute atomic E-state index is 11.6. The SMILES string of the molecule is COc1nc(-c2cccc(-c3cccc(-c4ccc(CNC[C@@H]5CCC(=O)C5)c(OC)n4)c3Br)c2Br)ccc1CCC[C@@H]1CCC(=O)N1.